The second-order valence-corrected chi connectivity index (χ2v) is 31.7. The van der Waals surface area contributed by atoms with Crippen LogP contribution >= 0.6 is 0 Å². The molecule has 0 saturated carbocycles. The maximum absolute atomic E-state index is 2.64. The van der Waals surface area contributed by atoms with Crippen LogP contribution in [0.5, 0.6) is 0 Å². The summed E-state index contributed by atoms with van der Waals surface area (Å²) in [7, 11) is 4.42. The first-order valence-electron chi connectivity index (χ1n) is 14.4. The van der Waals surface area contributed by atoms with Crippen molar-refractivity contribution in [3.63, 3.8) is 0 Å². The quantitative estimate of drug-likeness (QED) is 0.275. The minimum absolute atomic E-state index is 0. The van der Waals surface area contributed by atoms with Gasteiger partial charge in [-0.1, -0.05) is 0 Å². The van der Waals surface area contributed by atoms with Gasteiger partial charge in [0.25, 0.3) is 0 Å². The fourth-order valence-corrected chi connectivity index (χ4v) is 30.2. The number of benzene rings is 4. The summed E-state index contributed by atoms with van der Waals surface area (Å²) in [6, 6.07) is 35.6. The van der Waals surface area contributed by atoms with Crippen LogP contribution in [0.1, 0.15) is 43.4 Å². The van der Waals surface area contributed by atoms with E-state index >= 15 is 0 Å². The van der Waals surface area contributed by atoms with E-state index in [2.05, 4.69) is 160 Å². The molecular weight excluding hydrogens is 651 g/mol. The Hall–Kier alpha value is -2.36. The summed E-state index contributed by atoms with van der Waals surface area (Å²) < 4.78 is 1.28. The van der Waals surface area contributed by atoms with Gasteiger partial charge in [0.15, 0.2) is 0 Å². The molecule has 4 aromatic carbocycles. The summed E-state index contributed by atoms with van der Waals surface area (Å²) in [5.74, 6) is -0.898. The van der Waals surface area contributed by atoms with Gasteiger partial charge >= 0.3 is 250 Å². The monoisotopic (exact) mass is 687 g/mol. The van der Waals surface area contributed by atoms with Gasteiger partial charge in [-0.3, -0.25) is 0 Å². The van der Waals surface area contributed by atoms with E-state index in [0.717, 1.165) is 0 Å². The van der Waals surface area contributed by atoms with Crippen molar-refractivity contribution in [1.29, 1.82) is 0 Å². The van der Waals surface area contributed by atoms with E-state index in [1.807, 2.05) is 0 Å². The van der Waals surface area contributed by atoms with Gasteiger partial charge in [0.1, 0.15) is 0 Å². The van der Waals surface area contributed by atoms with Gasteiger partial charge in [-0.05, 0) is 0 Å². The summed E-state index contributed by atoms with van der Waals surface area (Å²) >= 11 is -2.07. The van der Waals surface area contributed by atoms with Gasteiger partial charge in [0, 0.05) is 0 Å². The second kappa shape index (κ2) is 13.5. The first-order valence-corrected chi connectivity index (χ1v) is 24.4. The van der Waals surface area contributed by atoms with Crippen LogP contribution in [0.2, 0.25) is 13.1 Å². The molecule has 2 nitrogen and oxygen atoms in total. The summed E-state index contributed by atoms with van der Waals surface area (Å²) in [5, 5.41) is 0. The van der Waals surface area contributed by atoms with E-state index < -0.39 is 26.8 Å². The molecule has 215 valence electrons. The molecule has 0 aliphatic heterocycles. The van der Waals surface area contributed by atoms with Gasteiger partial charge in [0.05, 0.1) is 0 Å². The molecule has 2 aliphatic rings. The number of allylic oxidation sites excluding steroid dienone is 2. The molecule has 0 heterocycles. The first-order chi connectivity index (χ1) is 19.4. The molecule has 0 radical (unpaired) electrons. The van der Waals surface area contributed by atoms with Crippen molar-refractivity contribution in [3.8, 4) is 0 Å². The second-order valence-electron chi connectivity index (χ2n) is 11.6. The molecule has 0 saturated heterocycles. The van der Waals surface area contributed by atoms with E-state index in [1.165, 1.54) is 33.9 Å². The zero-order valence-electron chi connectivity index (χ0n) is 25.3. The molecule has 0 amide bonds. The van der Waals surface area contributed by atoms with Crippen LogP contribution in [0, 0.1) is 0 Å². The third-order valence-electron chi connectivity index (χ3n) is 8.85. The van der Waals surface area contributed by atoms with Crippen molar-refractivity contribution in [3.05, 3.63) is 130 Å². The molecule has 42 heavy (non-hydrogen) atoms. The molecule has 0 bridgehead atoms. The summed E-state index contributed by atoms with van der Waals surface area (Å²) in [6.07, 6.45) is 5.06. The molecule has 4 aromatic rings. The van der Waals surface area contributed by atoms with Crippen molar-refractivity contribution in [2.45, 2.75) is 34.2 Å². The normalized spacial score (nSPS) is 16.5. The summed E-state index contributed by atoms with van der Waals surface area (Å²) in [5.41, 5.74) is 14.4. The predicted octanol–water partition coefficient (Wildman–Crippen LogP) is 3.45. The predicted molar refractivity (Wildman–Crippen MR) is 174 cm³/mol. The van der Waals surface area contributed by atoms with E-state index in [4.69, 9.17) is 0 Å². The number of halogens is 2. The van der Waals surface area contributed by atoms with E-state index in [9.17, 15) is 0 Å². The number of para-hydroxylation sites is 2. The van der Waals surface area contributed by atoms with Crippen molar-refractivity contribution in [2.75, 3.05) is 23.9 Å². The molecule has 0 spiro atoms. The fourth-order valence-electron chi connectivity index (χ4n) is 6.96. The number of nitrogens with zero attached hydrogens (tertiary/aromatic N) is 2. The van der Waals surface area contributed by atoms with Gasteiger partial charge < -0.3 is 24.8 Å². The SMILES string of the molecule is CC1=Cc2c(cccc2N(C)c2ccccc2)[CH]1[Zr+2]([CH]1C(C)=Cc2c1cccc2N(C)c1ccccc1)[SiH](C)C.[Cl-].[Cl-]. The minimum Gasteiger partial charge on any atom is -1.00 e. The van der Waals surface area contributed by atoms with Crippen molar-refractivity contribution < 1.29 is 45.7 Å². The zero-order chi connectivity index (χ0) is 28.0. The number of rotatable bonds is 7. The van der Waals surface area contributed by atoms with Gasteiger partial charge in [0.2, 0.25) is 0 Å². The Morgan fingerprint density at radius 3 is 1.29 bits per heavy atom. The molecular formula is C36H39Cl2N2SiZr. The molecule has 0 N–H and O–H groups in total. The van der Waals surface area contributed by atoms with Crippen LogP contribution in [-0.4, -0.2) is 20.0 Å². The Balaban J connectivity index is 0.00000202. The topological polar surface area (TPSA) is 6.48 Å². The number of anilines is 4. The standard InChI is InChI=1S/2C17H16N.C2H7Si.2ClH.Zr/c2*1-13-11-14-7-6-10-17(16(14)12-13)18(2)15-8-4-3-5-9-15;1-3-2;;;/h2*3-12H,1-2H3;3H,1-2H3;2*1H;/q;;;;;+2/p-2. The van der Waals surface area contributed by atoms with Crippen molar-refractivity contribution >= 4 is 40.8 Å². The molecule has 2 unspecified atom stereocenters. The number of fused-ring (bicyclic) bond motifs is 2. The molecule has 2 atom stereocenters. The summed E-state index contributed by atoms with van der Waals surface area (Å²) in [4.78, 5) is 4.73. The van der Waals surface area contributed by atoms with Crippen LogP contribution in [0.4, 0.5) is 22.7 Å². The molecule has 6 heteroatoms. The third-order valence-corrected chi connectivity index (χ3v) is 31.0. The molecule has 0 aromatic heterocycles. The maximum Gasteiger partial charge on any atom is -1.00 e. The van der Waals surface area contributed by atoms with Gasteiger partial charge in [-0.2, -0.15) is 0 Å². The largest absolute Gasteiger partial charge is 1.00 e. The average molecular weight is 690 g/mol. The van der Waals surface area contributed by atoms with Crippen LogP contribution < -0.4 is 34.6 Å². The fraction of sp³-hybridized carbons (Fsp3) is 0.222. The van der Waals surface area contributed by atoms with Gasteiger partial charge in [-0.25, -0.2) is 0 Å². The minimum atomic E-state index is -2.07. The van der Waals surface area contributed by atoms with Gasteiger partial charge in [-0.15, -0.1) is 0 Å². The maximum atomic E-state index is 2.64. The van der Waals surface area contributed by atoms with Crippen LogP contribution in [0.15, 0.2) is 108 Å². The average Bonchev–Trinajstić information content (AvgIpc) is 3.49. The van der Waals surface area contributed by atoms with E-state index in [1.54, 1.807) is 22.3 Å². The van der Waals surface area contributed by atoms with Crippen molar-refractivity contribution in [2.24, 2.45) is 0 Å². The Bertz CT molecular complexity index is 1490. The van der Waals surface area contributed by atoms with E-state index in [-0.39, 0.29) is 24.8 Å². The van der Waals surface area contributed by atoms with Crippen LogP contribution in [0.25, 0.3) is 12.2 Å². The Kier molecular flexibility index (Phi) is 10.5. The Labute approximate surface area is 273 Å². The number of hydrogen-bond donors (Lipinski definition) is 0. The zero-order valence-corrected chi connectivity index (χ0v) is 30.4. The van der Waals surface area contributed by atoms with E-state index in [0.29, 0.717) is 7.25 Å². The smallest absolute Gasteiger partial charge is 1.00 e. The number of hydrogen-bond acceptors (Lipinski definition) is 2. The van der Waals surface area contributed by atoms with Crippen molar-refractivity contribution in [1.82, 2.24) is 0 Å². The van der Waals surface area contributed by atoms with Crippen LogP contribution in [-0.2, 0) is 20.9 Å². The summed E-state index contributed by atoms with van der Waals surface area (Å²) in [6.45, 7) is 10.1. The van der Waals surface area contributed by atoms with Crippen LogP contribution in [0.3, 0.4) is 0 Å². The Morgan fingerprint density at radius 1 is 0.548 bits per heavy atom. The Morgan fingerprint density at radius 2 is 0.929 bits per heavy atom. The molecule has 0 fully saturated rings. The first kappa shape index (κ1) is 32.6. The molecule has 6 rings (SSSR count). The third kappa shape index (κ3) is 5.76. The molecule has 2 aliphatic carbocycles.